The zero-order chi connectivity index (χ0) is 38.9. The Balaban J connectivity index is 1.12. The fourth-order valence-corrected chi connectivity index (χ4v) is 10.6. The lowest BCUT2D eigenvalue weighted by molar-refractivity contribution is 0.652. The molecule has 12 rings (SSSR count). The SMILES string of the molecule is CC1(C)c2cc3c(cc2-c2c1ccc1ccccc21)C(C)(C)c1cc(N(c2ccccc2)c2cccc4c2oc2c(-c5ccccc5)cccc24)c2ccccc2c1-3. The lowest BCUT2D eigenvalue weighted by Gasteiger charge is -2.29. The molecule has 0 fully saturated rings. The minimum atomic E-state index is -0.256. The van der Waals surface area contributed by atoms with Gasteiger partial charge in [-0.1, -0.05) is 167 Å². The first-order valence-corrected chi connectivity index (χ1v) is 20.4. The van der Waals surface area contributed by atoms with Gasteiger partial charge in [-0.3, -0.25) is 0 Å². The van der Waals surface area contributed by atoms with Gasteiger partial charge in [-0.05, 0) is 103 Å². The molecule has 0 spiro atoms. The van der Waals surface area contributed by atoms with Gasteiger partial charge in [0.15, 0.2) is 5.58 Å². The summed E-state index contributed by atoms with van der Waals surface area (Å²) in [6.45, 7) is 9.65. The number of hydrogen-bond donors (Lipinski definition) is 0. The van der Waals surface area contributed by atoms with Crippen LogP contribution in [0.2, 0.25) is 0 Å². The molecular weight excluding hydrogens is 703 g/mol. The third-order valence-electron chi connectivity index (χ3n) is 13.4. The van der Waals surface area contributed by atoms with Crippen LogP contribution in [0.3, 0.4) is 0 Å². The summed E-state index contributed by atoms with van der Waals surface area (Å²) < 4.78 is 7.07. The van der Waals surface area contributed by atoms with Crippen molar-refractivity contribution in [3.63, 3.8) is 0 Å². The maximum atomic E-state index is 7.07. The molecule has 1 aromatic heterocycles. The molecule has 0 aliphatic heterocycles. The van der Waals surface area contributed by atoms with Crippen LogP contribution in [-0.4, -0.2) is 0 Å². The summed E-state index contributed by atoms with van der Waals surface area (Å²) in [4.78, 5) is 2.43. The lowest BCUT2D eigenvalue weighted by atomic mass is 9.79. The van der Waals surface area contributed by atoms with E-state index in [0.717, 1.165) is 50.1 Å². The van der Waals surface area contributed by atoms with E-state index in [2.05, 4.69) is 209 Å². The molecule has 58 heavy (non-hydrogen) atoms. The van der Waals surface area contributed by atoms with Gasteiger partial charge in [0.05, 0.1) is 11.4 Å². The van der Waals surface area contributed by atoms with Crippen LogP contribution >= 0.6 is 0 Å². The number of rotatable bonds is 4. The molecule has 0 atom stereocenters. The summed E-state index contributed by atoms with van der Waals surface area (Å²) in [5, 5.41) is 7.33. The second-order valence-corrected chi connectivity index (χ2v) is 17.2. The molecule has 0 saturated heterocycles. The number of benzene rings is 9. The van der Waals surface area contributed by atoms with Gasteiger partial charge in [0.2, 0.25) is 0 Å². The van der Waals surface area contributed by atoms with Gasteiger partial charge in [-0.2, -0.15) is 0 Å². The molecule has 10 aromatic rings. The van der Waals surface area contributed by atoms with E-state index in [4.69, 9.17) is 4.42 Å². The third kappa shape index (κ3) is 4.43. The van der Waals surface area contributed by atoms with E-state index in [9.17, 15) is 0 Å². The average Bonchev–Trinajstić information content (AvgIpc) is 3.84. The molecule has 0 N–H and O–H groups in total. The highest BCUT2D eigenvalue weighted by atomic mass is 16.3. The summed E-state index contributed by atoms with van der Waals surface area (Å²) in [6.07, 6.45) is 0. The third-order valence-corrected chi connectivity index (χ3v) is 13.4. The number of nitrogens with zero attached hydrogens (tertiary/aromatic N) is 1. The van der Waals surface area contributed by atoms with E-state index in [1.165, 1.54) is 66.1 Å². The van der Waals surface area contributed by atoms with Gasteiger partial charge in [-0.25, -0.2) is 0 Å². The van der Waals surface area contributed by atoms with Crippen molar-refractivity contribution < 1.29 is 4.42 Å². The lowest BCUT2D eigenvalue weighted by Crippen LogP contribution is -2.18. The predicted molar refractivity (Wildman–Crippen MR) is 244 cm³/mol. The van der Waals surface area contributed by atoms with Crippen molar-refractivity contribution >= 4 is 60.5 Å². The summed E-state index contributed by atoms with van der Waals surface area (Å²) in [6, 6.07) is 64.6. The van der Waals surface area contributed by atoms with Crippen molar-refractivity contribution in [1.82, 2.24) is 0 Å². The molecule has 0 radical (unpaired) electrons. The number of anilines is 3. The van der Waals surface area contributed by atoms with Crippen molar-refractivity contribution in [3.05, 3.63) is 198 Å². The maximum absolute atomic E-state index is 7.07. The Bertz CT molecular complexity index is 3330. The first-order chi connectivity index (χ1) is 28.3. The molecule has 1 heterocycles. The fourth-order valence-electron chi connectivity index (χ4n) is 10.6. The molecule has 9 aromatic carbocycles. The van der Waals surface area contributed by atoms with Gasteiger partial charge in [0.1, 0.15) is 5.58 Å². The molecule has 2 aliphatic carbocycles. The highest BCUT2D eigenvalue weighted by Gasteiger charge is 2.43. The fraction of sp³-hybridized carbons (Fsp3) is 0.107. The van der Waals surface area contributed by atoms with Crippen LogP contribution in [0.5, 0.6) is 0 Å². The zero-order valence-electron chi connectivity index (χ0n) is 33.1. The topological polar surface area (TPSA) is 16.4 Å². The number of furan rings is 1. The summed E-state index contributed by atoms with van der Waals surface area (Å²) >= 11 is 0. The highest BCUT2D eigenvalue weighted by Crippen LogP contribution is 2.60. The second kappa shape index (κ2) is 11.8. The Hall–Kier alpha value is -6.90. The van der Waals surface area contributed by atoms with Crippen LogP contribution in [0.25, 0.3) is 76.9 Å². The van der Waals surface area contributed by atoms with Crippen molar-refractivity contribution in [2.24, 2.45) is 0 Å². The molecule has 2 nitrogen and oxygen atoms in total. The predicted octanol–water partition coefficient (Wildman–Crippen LogP) is 15.6. The molecule has 0 unspecified atom stereocenters. The number of para-hydroxylation sites is 3. The summed E-state index contributed by atoms with van der Waals surface area (Å²) in [5.74, 6) is 0. The normalized spacial score (nSPS) is 14.5. The Morgan fingerprint density at radius 3 is 1.69 bits per heavy atom. The maximum Gasteiger partial charge on any atom is 0.159 e. The largest absolute Gasteiger partial charge is 0.453 e. The van der Waals surface area contributed by atoms with E-state index < -0.39 is 0 Å². The molecule has 0 bridgehead atoms. The van der Waals surface area contributed by atoms with Crippen molar-refractivity contribution in [2.45, 2.75) is 38.5 Å². The van der Waals surface area contributed by atoms with Gasteiger partial charge in [0, 0.05) is 38.2 Å². The number of hydrogen-bond acceptors (Lipinski definition) is 2. The Morgan fingerprint density at radius 1 is 0.379 bits per heavy atom. The van der Waals surface area contributed by atoms with Gasteiger partial charge < -0.3 is 9.32 Å². The minimum absolute atomic E-state index is 0.123. The van der Waals surface area contributed by atoms with Crippen LogP contribution < -0.4 is 4.90 Å². The van der Waals surface area contributed by atoms with Gasteiger partial charge in [0.25, 0.3) is 0 Å². The average molecular weight is 744 g/mol. The number of fused-ring (bicyclic) bond motifs is 13. The van der Waals surface area contributed by atoms with E-state index in [1.54, 1.807) is 0 Å². The first kappa shape index (κ1) is 33.3. The van der Waals surface area contributed by atoms with Gasteiger partial charge >= 0.3 is 0 Å². The van der Waals surface area contributed by atoms with Crippen LogP contribution in [0.4, 0.5) is 17.1 Å². The molecule has 2 aliphatic rings. The van der Waals surface area contributed by atoms with E-state index in [-0.39, 0.29) is 10.8 Å². The Kier molecular flexibility index (Phi) is 6.78. The first-order valence-electron chi connectivity index (χ1n) is 20.4. The van der Waals surface area contributed by atoms with E-state index >= 15 is 0 Å². The smallest absolute Gasteiger partial charge is 0.159 e. The van der Waals surface area contributed by atoms with Crippen LogP contribution in [-0.2, 0) is 10.8 Å². The van der Waals surface area contributed by atoms with Crippen molar-refractivity contribution in [2.75, 3.05) is 4.90 Å². The van der Waals surface area contributed by atoms with Crippen molar-refractivity contribution in [3.8, 4) is 33.4 Å². The minimum Gasteiger partial charge on any atom is -0.453 e. The second-order valence-electron chi connectivity index (χ2n) is 17.2. The van der Waals surface area contributed by atoms with Gasteiger partial charge in [-0.15, -0.1) is 0 Å². The quantitative estimate of drug-likeness (QED) is 0.178. The van der Waals surface area contributed by atoms with E-state index in [1.807, 2.05) is 0 Å². The molecule has 2 heteroatoms. The van der Waals surface area contributed by atoms with Crippen molar-refractivity contribution in [1.29, 1.82) is 0 Å². The van der Waals surface area contributed by atoms with Crippen LogP contribution in [0.15, 0.2) is 180 Å². The highest BCUT2D eigenvalue weighted by molar-refractivity contribution is 6.16. The molecule has 276 valence electrons. The van der Waals surface area contributed by atoms with Crippen LogP contribution in [0, 0.1) is 0 Å². The molecule has 0 amide bonds. The molecule has 0 saturated carbocycles. The van der Waals surface area contributed by atoms with E-state index in [0.29, 0.717) is 0 Å². The summed E-state index contributed by atoms with van der Waals surface area (Å²) in [5.41, 5.74) is 17.9. The standard InChI is InChI=1S/C56H41NO/c1-55(2)45-30-29-35-19-11-12-22-37(35)51(45)43-31-47-44(32-46(43)55)52-40-24-14-13-23-39(40)50(33-48(52)56(47,3)4)57(36-20-9-6-10-21-36)49-28-16-27-42-41-26-15-25-38(53(41)58-54(42)49)34-17-7-5-8-18-34/h5-33H,1-4H3. The summed E-state index contributed by atoms with van der Waals surface area (Å²) in [7, 11) is 0. The Labute approximate surface area is 338 Å². The Morgan fingerprint density at radius 2 is 0.948 bits per heavy atom. The van der Waals surface area contributed by atoms with Crippen LogP contribution in [0.1, 0.15) is 49.9 Å². The zero-order valence-corrected chi connectivity index (χ0v) is 33.1. The monoisotopic (exact) mass is 743 g/mol. The molecular formula is C56H41NO.